The second-order valence-corrected chi connectivity index (χ2v) is 6.87. The highest BCUT2D eigenvalue weighted by Gasteiger charge is 2.42. The molecule has 0 aliphatic heterocycles. The van der Waals surface area contributed by atoms with E-state index in [1.54, 1.807) is 0 Å². The summed E-state index contributed by atoms with van der Waals surface area (Å²) in [6.45, 7) is 8.29. The lowest BCUT2D eigenvalue weighted by Gasteiger charge is -2.28. The van der Waals surface area contributed by atoms with Crippen LogP contribution in [0.1, 0.15) is 51.5 Å². The maximum Gasteiger partial charge on any atom is 0.230 e. The second kappa shape index (κ2) is 8.70. The molecule has 128 valence electrons. The number of hydrogen-bond acceptors (Lipinski definition) is 2. The van der Waals surface area contributed by atoms with Crippen molar-refractivity contribution in [2.24, 2.45) is 0 Å². The number of amides is 1. The number of carbonyl (C=O) groups is 1. The van der Waals surface area contributed by atoms with E-state index in [-0.39, 0.29) is 11.3 Å². The molecule has 1 aromatic rings. The van der Waals surface area contributed by atoms with Gasteiger partial charge in [0, 0.05) is 11.6 Å². The highest BCUT2D eigenvalue weighted by molar-refractivity contribution is 6.30. The predicted molar refractivity (Wildman–Crippen MR) is 97.0 cm³/mol. The Balaban J connectivity index is 1.95. The Morgan fingerprint density at radius 1 is 1.17 bits per heavy atom. The van der Waals surface area contributed by atoms with E-state index in [2.05, 4.69) is 24.1 Å². The Labute approximate surface area is 145 Å². The quantitative estimate of drug-likeness (QED) is 0.728. The van der Waals surface area contributed by atoms with Crippen LogP contribution in [-0.4, -0.2) is 37.0 Å². The molecule has 0 atom stereocenters. The Kier molecular flexibility index (Phi) is 6.91. The number of nitrogens with zero attached hydrogens (tertiary/aromatic N) is 1. The van der Waals surface area contributed by atoms with Crippen LogP contribution in [0, 0.1) is 0 Å². The van der Waals surface area contributed by atoms with Crippen LogP contribution in [0.25, 0.3) is 0 Å². The Morgan fingerprint density at radius 2 is 1.78 bits per heavy atom. The molecule has 1 N–H and O–H groups in total. The van der Waals surface area contributed by atoms with Gasteiger partial charge in [0.1, 0.15) is 0 Å². The number of hydrogen-bond donors (Lipinski definition) is 1. The fraction of sp³-hybridized carbons (Fsp3) is 0.632. The molecular formula is C19H29ClN2O. The monoisotopic (exact) mass is 336 g/mol. The molecule has 1 aliphatic rings. The largest absolute Gasteiger partial charge is 0.355 e. The number of benzene rings is 1. The van der Waals surface area contributed by atoms with Gasteiger partial charge in [-0.05, 0) is 56.6 Å². The molecule has 23 heavy (non-hydrogen) atoms. The highest BCUT2D eigenvalue weighted by Crippen LogP contribution is 2.41. The third-order valence-electron chi connectivity index (χ3n) is 5.12. The molecule has 1 amide bonds. The molecule has 1 saturated carbocycles. The average molecular weight is 337 g/mol. The fourth-order valence-electron chi connectivity index (χ4n) is 3.61. The molecule has 0 heterocycles. The van der Waals surface area contributed by atoms with Crippen LogP contribution in [0.2, 0.25) is 5.02 Å². The zero-order chi connectivity index (χ0) is 16.7. The van der Waals surface area contributed by atoms with Gasteiger partial charge in [-0.1, -0.05) is 50.4 Å². The van der Waals surface area contributed by atoms with Crippen molar-refractivity contribution in [1.29, 1.82) is 0 Å². The summed E-state index contributed by atoms with van der Waals surface area (Å²) in [7, 11) is 0. The van der Waals surface area contributed by atoms with Gasteiger partial charge >= 0.3 is 0 Å². The van der Waals surface area contributed by atoms with Crippen molar-refractivity contribution in [1.82, 2.24) is 10.2 Å². The van der Waals surface area contributed by atoms with E-state index in [0.717, 1.165) is 68.9 Å². The van der Waals surface area contributed by atoms with Gasteiger partial charge in [0.2, 0.25) is 5.91 Å². The van der Waals surface area contributed by atoms with Crippen molar-refractivity contribution in [3.63, 3.8) is 0 Å². The molecule has 1 aromatic carbocycles. The van der Waals surface area contributed by atoms with Crippen LogP contribution in [0.4, 0.5) is 0 Å². The first kappa shape index (κ1) is 18.3. The number of halogens is 1. The molecule has 0 bridgehead atoms. The minimum absolute atomic E-state index is 0.192. The normalized spacial score (nSPS) is 16.7. The molecule has 3 nitrogen and oxygen atoms in total. The molecule has 0 unspecified atom stereocenters. The first-order valence-corrected chi connectivity index (χ1v) is 9.27. The van der Waals surface area contributed by atoms with E-state index in [0.29, 0.717) is 0 Å². The van der Waals surface area contributed by atoms with E-state index in [1.165, 1.54) is 0 Å². The zero-order valence-corrected chi connectivity index (χ0v) is 15.2. The number of nitrogens with one attached hydrogen (secondary N) is 1. The fourth-order valence-corrected chi connectivity index (χ4v) is 3.73. The van der Waals surface area contributed by atoms with Crippen LogP contribution < -0.4 is 5.32 Å². The maximum atomic E-state index is 12.9. The van der Waals surface area contributed by atoms with Gasteiger partial charge in [-0.25, -0.2) is 0 Å². The summed E-state index contributed by atoms with van der Waals surface area (Å²) in [6, 6.07) is 7.82. The minimum Gasteiger partial charge on any atom is -0.355 e. The first-order valence-electron chi connectivity index (χ1n) is 8.89. The summed E-state index contributed by atoms with van der Waals surface area (Å²) in [4.78, 5) is 15.3. The van der Waals surface area contributed by atoms with Gasteiger partial charge in [-0.3, -0.25) is 4.79 Å². The van der Waals surface area contributed by atoms with Gasteiger partial charge in [0.25, 0.3) is 0 Å². The van der Waals surface area contributed by atoms with Crippen LogP contribution in [0.15, 0.2) is 24.3 Å². The average Bonchev–Trinajstić information content (AvgIpc) is 3.06. The number of rotatable bonds is 8. The summed E-state index contributed by atoms with van der Waals surface area (Å²) >= 11 is 6.00. The van der Waals surface area contributed by atoms with Gasteiger partial charge in [-0.15, -0.1) is 0 Å². The van der Waals surface area contributed by atoms with E-state index in [9.17, 15) is 4.79 Å². The topological polar surface area (TPSA) is 32.3 Å². The van der Waals surface area contributed by atoms with Gasteiger partial charge in [0.15, 0.2) is 0 Å². The molecule has 2 rings (SSSR count). The van der Waals surface area contributed by atoms with Crippen molar-refractivity contribution in [3.8, 4) is 0 Å². The van der Waals surface area contributed by atoms with Gasteiger partial charge < -0.3 is 10.2 Å². The third-order valence-corrected chi connectivity index (χ3v) is 5.37. The van der Waals surface area contributed by atoms with Crippen molar-refractivity contribution in [3.05, 3.63) is 34.9 Å². The van der Waals surface area contributed by atoms with Crippen LogP contribution in [0.3, 0.4) is 0 Å². The summed E-state index contributed by atoms with van der Waals surface area (Å²) in [5, 5.41) is 3.91. The third kappa shape index (κ3) is 4.48. The van der Waals surface area contributed by atoms with Crippen LogP contribution >= 0.6 is 11.6 Å². The Bertz CT molecular complexity index is 491. The molecule has 4 heteroatoms. The zero-order valence-electron chi connectivity index (χ0n) is 14.4. The SMILES string of the molecule is CCN(CC)CCCNC(=O)C1(c2ccc(Cl)cc2)CCCC1. The molecule has 0 saturated heterocycles. The Hall–Kier alpha value is -1.06. The molecular weight excluding hydrogens is 308 g/mol. The summed E-state index contributed by atoms with van der Waals surface area (Å²) < 4.78 is 0. The standard InChI is InChI=1S/C19H29ClN2O/c1-3-22(4-2)15-7-14-21-18(23)19(12-5-6-13-19)16-8-10-17(20)11-9-16/h8-11H,3-7,12-15H2,1-2H3,(H,21,23). The lowest BCUT2D eigenvalue weighted by molar-refractivity contribution is -0.126. The summed E-state index contributed by atoms with van der Waals surface area (Å²) in [5.74, 6) is 0.192. The Morgan fingerprint density at radius 3 is 2.35 bits per heavy atom. The highest BCUT2D eigenvalue weighted by atomic mass is 35.5. The molecule has 1 fully saturated rings. The smallest absolute Gasteiger partial charge is 0.230 e. The lowest BCUT2D eigenvalue weighted by Crippen LogP contribution is -2.43. The summed E-state index contributed by atoms with van der Waals surface area (Å²) in [6.07, 6.45) is 5.13. The van der Waals surface area contributed by atoms with E-state index >= 15 is 0 Å². The van der Waals surface area contributed by atoms with Crippen molar-refractivity contribution < 1.29 is 4.79 Å². The van der Waals surface area contributed by atoms with Crippen molar-refractivity contribution >= 4 is 17.5 Å². The molecule has 0 spiro atoms. The summed E-state index contributed by atoms with van der Waals surface area (Å²) in [5.41, 5.74) is 0.764. The van der Waals surface area contributed by atoms with Gasteiger partial charge in [0.05, 0.1) is 5.41 Å². The first-order chi connectivity index (χ1) is 11.1. The molecule has 0 aromatic heterocycles. The van der Waals surface area contributed by atoms with E-state index in [4.69, 9.17) is 11.6 Å². The number of carbonyl (C=O) groups excluding carboxylic acids is 1. The predicted octanol–water partition coefficient (Wildman–Crippen LogP) is 4.00. The lowest BCUT2D eigenvalue weighted by atomic mass is 9.78. The molecule has 0 radical (unpaired) electrons. The molecule has 1 aliphatic carbocycles. The van der Waals surface area contributed by atoms with Crippen molar-refractivity contribution in [2.45, 2.75) is 51.4 Å². The van der Waals surface area contributed by atoms with Crippen molar-refractivity contribution in [2.75, 3.05) is 26.2 Å². The van der Waals surface area contributed by atoms with Crippen LogP contribution in [0.5, 0.6) is 0 Å². The van der Waals surface area contributed by atoms with Gasteiger partial charge in [-0.2, -0.15) is 0 Å². The minimum atomic E-state index is -0.347. The maximum absolute atomic E-state index is 12.9. The second-order valence-electron chi connectivity index (χ2n) is 6.43. The van der Waals surface area contributed by atoms with E-state index in [1.807, 2.05) is 24.3 Å². The van der Waals surface area contributed by atoms with Crippen LogP contribution in [-0.2, 0) is 10.2 Å². The van der Waals surface area contributed by atoms with E-state index < -0.39 is 0 Å².